The van der Waals surface area contributed by atoms with Crippen molar-refractivity contribution in [2.24, 2.45) is 0 Å². The van der Waals surface area contributed by atoms with Crippen LogP contribution in [0.4, 0.5) is 0 Å². The van der Waals surface area contributed by atoms with Crippen LogP contribution in [-0.2, 0) is 12.8 Å². The fourth-order valence-electron chi connectivity index (χ4n) is 1.49. The summed E-state index contributed by atoms with van der Waals surface area (Å²) >= 11 is 0.902. The molecule has 0 atom stereocenters. The van der Waals surface area contributed by atoms with Gasteiger partial charge in [-0.3, -0.25) is 0 Å². The number of aromatic nitrogens is 2. The number of hydrogen-bond donors (Lipinski definition) is 0. The molecular weight excluding hydrogens is 316 g/mol. The first-order chi connectivity index (χ1) is 4.88. The molecule has 3 heteroatoms. The van der Waals surface area contributed by atoms with Gasteiger partial charge in [-0.15, -0.1) is 0 Å². The molecule has 1 heterocycles. The van der Waals surface area contributed by atoms with Crippen LogP contribution in [0.5, 0.6) is 0 Å². The van der Waals surface area contributed by atoms with Crippen LogP contribution in [-0.4, -0.2) is 33.4 Å². The van der Waals surface area contributed by atoms with E-state index < -0.39 is 0 Å². The Morgan fingerprint density at radius 2 is 2.20 bits per heavy atom. The molecule has 0 aromatic carbocycles. The molecule has 0 amide bonds. The second kappa shape index (κ2) is 2.64. The number of rotatable bonds is 0. The van der Waals surface area contributed by atoms with Crippen molar-refractivity contribution < 1.29 is 0 Å². The van der Waals surface area contributed by atoms with Crippen LogP contribution >= 0.6 is 0 Å². The molecule has 0 aliphatic heterocycles. The normalized spacial score (nSPS) is 16.7. The van der Waals surface area contributed by atoms with Gasteiger partial charge in [-0.1, -0.05) is 0 Å². The van der Waals surface area contributed by atoms with Gasteiger partial charge < -0.3 is 0 Å². The van der Waals surface area contributed by atoms with Crippen LogP contribution in [0.25, 0.3) is 0 Å². The Balaban J connectivity index is 2.45. The number of imidazole rings is 1. The van der Waals surface area contributed by atoms with E-state index >= 15 is 0 Å². The van der Waals surface area contributed by atoms with Gasteiger partial charge in [-0.2, -0.15) is 0 Å². The summed E-state index contributed by atoms with van der Waals surface area (Å²) in [5.41, 5.74) is 2.89. The van der Waals surface area contributed by atoms with E-state index in [2.05, 4.69) is 7.36 Å². The Bertz CT molecular complexity index is 242. The van der Waals surface area contributed by atoms with Crippen LogP contribution in [0, 0.1) is 0 Å². The first-order valence-corrected chi connectivity index (χ1v) is 5.69. The zero-order chi connectivity index (χ0) is 6.97. The van der Waals surface area contributed by atoms with Crippen LogP contribution in [0.1, 0.15) is 24.2 Å². The monoisotopic (exact) mass is 326 g/mol. The summed E-state index contributed by atoms with van der Waals surface area (Å²) in [5, 5.41) is 0. The van der Waals surface area contributed by atoms with Crippen LogP contribution < -0.4 is 0 Å². The van der Waals surface area contributed by atoms with Crippen molar-refractivity contribution in [1.82, 2.24) is 7.36 Å². The van der Waals surface area contributed by atoms with Gasteiger partial charge in [0.15, 0.2) is 0 Å². The number of hydrogen-bond acceptors (Lipinski definition) is 1. The van der Waals surface area contributed by atoms with Gasteiger partial charge in [0.2, 0.25) is 0 Å². The summed E-state index contributed by atoms with van der Waals surface area (Å²) in [5.74, 6) is 0. The fraction of sp³-hybridized carbons (Fsp3) is 0.571. The van der Waals surface area contributed by atoms with Gasteiger partial charge in [0, 0.05) is 0 Å². The number of aryl methyl sites for hydroxylation is 1. The molecule has 1 aliphatic rings. The van der Waals surface area contributed by atoms with E-state index in [1.165, 1.54) is 37.1 Å². The molecule has 1 aliphatic carbocycles. The minimum absolute atomic E-state index is 0.902. The van der Waals surface area contributed by atoms with Gasteiger partial charge >= 0.3 is 76.8 Å². The third-order valence-electron chi connectivity index (χ3n) is 2.06. The van der Waals surface area contributed by atoms with Crippen molar-refractivity contribution in [2.75, 3.05) is 0 Å². The Morgan fingerprint density at radius 3 is 3.00 bits per heavy atom. The molecular formula is C7H9N2Tl. The fourth-order valence-corrected chi connectivity index (χ4v) is 2.83. The average molecular weight is 326 g/mol. The second-order valence-corrected chi connectivity index (χ2v) is 4.92. The van der Waals surface area contributed by atoms with Crippen molar-refractivity contribution in [1.29, 1.82) is 0 Å². The van der Waals surface area contributed by atoms with E-state index in [9.17, 15) is 0 Å². The minimum atomic E-state index is 0.902. The van der Waals surface area contributed by atoms with E-state index in [1.54, 1.807) is 0 Å². The maximum absolute atomic E-state index is 4.36. The van der Waals surface area contributed by atoms with Crippen LogP contribution in [0.2, 0.25) is 0 Å². The molecule has 50 valence electrons. The number of nitrogens with zero attached hydrogens (tertiary/aromatic N) is 2. The quantitative estimate of drug-likeness (QED) is 0.642. The molecule has 0 spiro atoms. The third-order valence-corrected chi connectivity index (χ3v) is 3.79. The zero-order valence-electron chi connectivity index (χ0n) is 5.88. The molecule has 0 radical (unpaired) electrons. The van der Waals surface area contributed by atoms with Crippen LogP contribution in [0.3, 0.4) is 0 Å². The topological polar surface area (TPSA) is 17.8 Å². The Kier molecular flexibility index (Phi) is 1.80. The van der Waals surface area contributed by atoms with Crippen molar-refractivity contribution in [3.05, 3.63) is 17.7 Å². The maximum atomic E-state index is 4.36. The van der Waals surface area contributed by atoms with Crippen molar-refractivity contribution >= 4 is 26.1 Å². The first-order valence-electron chi connectivity index (χ1n) is 3.68. The summed E-state index contributed by atoms with van der Waals surface area (Å²) in [7, 11) is 0. The summed E-state index contributed by atoms with van der Waals surface area (Å²) in [6.45, 7) is 0. The van der Waals surface area contributed by atoms with Crippen molar-refractivity contribution in [2.45, 2.75) is 25.7 Å². The summed E-state index contributed by atoms with van der Waals surface area (Å²) in [4.78, 5) is 4.36. The third kappa shape index (κ3) is 1.02. The molecule has 0 saturated carbocycles. The molecule has 1 aromatic heterocycles. The summed E-state index contributed by atoms with van der Waals surface area (Å²) in [6, 6.07) is 0. The van der Waals surface area contributed by atoms with Crippen molar-refractivity contribution in [3.8, 4) is 0 Å². The Morgan fingerprint density at radius 1 is 1.40 bits per heavy atom. The molecule has 10 heavy (non-hydrogen) atoms. The average Bonchev–Trinajstić information content (AvgIpc) is 2.34. The van der Waals surface area contributed by atoms with Gasteiger partial charge in [-0.05, 0) is 0 Å². The molecule has 2 nitrogen and oxygen atoms in total. The van der Waals surface area contributed by atoms with Crippen molar-refractivity contribution in [3.63, 3.8) is 0 Å². The van der Waals surface area contributed by atoms with Crippen LogP contribution in [0.15, 0.2) is 6.33 Å². The van der Waals surface area contributed by atoms with Gasteiger partial charge in [0.1, 0.15) is 0 Å². The predicted molar refractivity (Wildman–Crippen MR) is 40.0 cm³/mol. The van der Waals surface area contributed by atoms with Gasteiger partial charge in [-0.25, -0.2) is 0 Å². The summed E-state index contributed by atoms with van der Waals surface area (Å²) < 4.78 is 2.31. The molecule has 0 unspecified atom stereocenters. The predicted octanol–water partition coefficient (Wildman–Crippen LogP) is 0.694. The standard InChI is InChI=1S/C7H9N2.Tl/c1-2-4-7-6(3-1)8-5-9-7;/h5H,1-4H2;/q-1;+1. The molecule has 0 N–H and O–H groups in total. The SMILES string of the molecule is [Tl][n]1cnc2c1CCCC2. The molecule has 0 bridgehead atoms. The van der Waals surface area contributed by atoms with E-state index in [0.717, 1.165) is 26.1 Å². The molecule has 1 aromatic rings. The number of fused-ring (bicyclic) bond motifs is 1. The second-order valence-electron chi connectivity index (χ2n) is 2.75. The Labute approximate surface area is 76.8 Å². The van der Waals surface area contributed by atoms with E-state index in [0.29, 0.717) is 0 Å². The molecule has 0 fully saturated rings. The van der Waals surface area contributed by atoms with Gasteiger partial charge in [0.05, 0.1) is 0 Å². The van der Waals surface area contributed by atoms with E-state index in [4.69, 9.17) is 0 Å². The zero-order valence-corrected chi connectivity index (χ0v) is 10.4. The Hall–Kier alpha value is 0.132. The molecule has 0 saturated heterocycles. The molecule has 2 rings (SSSR count). The van der Waals surface area contributed by atoms with Gasteiger partial charge in [0.25, 0.3) is 0 Å². The van der Waals surface area contributed by atoms with E-state index in [1.807, 2.05) is 6.33 Å². The van der Waals surface area contributed by atoms with E-state index in [-0.39, 0.29) is 0 Å². The first kappa shape index (κ1) is 6.82. The summed E-state index contributed by atoms with van der Waals surface area (Å²) in [6.07, 6.45) is 7.20.